The Hall–Kier alpha value is -1.88. The molecule has 0 saturated carbocycles. The predicted molar refractivity (Wildman–Crippen MR) is 73.5 cm³/mol. The van der Waals surface area contributed by atoms with E-state index in [4.69, 9.17) is 5.11 Å². The Kier molecular flexibility index (Phi) is 6.02. The van der Waals surface area contributed by atoms with Crippen LogP contribution >= 0.6 is 0 Å². The van der Waals surface area contributed by atoms with E-state index in [-0.39, 0.29) is 11.8 Å². The zero-order valence-electron chi connectivity index (χ0n) is 11.3. The second-order valence-electron chi connectivity index (χ2n) is 4.43. The minimum atomic E-state index is -0.523. The van der Waals surface area contributed by atoms with Crippen LogP contribution in [0, 0.1) is 5.92 Å². The minimum absolute atomic E-state index is 0.0148. The molecule has 0 heterocycles. The number of carbonyl (C=O) groups excluding carboxylic acids is 2. The molecule has 1 rings (SSSR count). The Balaban J connectivity index is 2.61. The highest BCUT2D eigenvalue weighted by Crippen LogP contribution is 2.13. The summed E-state index contributed by atoms with van der Waals surface area (Å²) in [5, 5.41) is 14.0. The first-order valence-corrected chi connectivity index (χ1v) is 6.34. The fourth-order valence-electron chi connectivity index (χ4n) is 1.47. The first-order chi connectivity index (χ1) is 9.06. The highest BCUT2D eigenvalue weighted by atomic mass is 16.3. The van der Waals surface area contributed by atoms with Crippen molar-refractivity contribution in [2.24, 2.45) is 5.92 Å². The standard InChI is InChI=1S/C14H20N2O3/c1-3-10(2)14(19)16-12-6-4-5-11(7-12)8-15-13(18)9-17/h4-7,10,17H,3,8-9H2,1-2H3,(H,15,18)(H,16,19). The van der Waals surface area contributed by atoms with E-state index in [2.05, 4.69) is 10.6 Å². The molecule has 1 atom stereocenters. The first kappa shape index (κ1) is 15.2. The van der Waals surface area contributed by atoms with E-state index in [1.807, 2.05) is 26.0 Å². The number of rotatable bonds is 6. The van der Waals surface area contributed by atoms with Gasteiger partial charge in [0.1, 0.15) is 6.61 Å². The van der Waals surface area contributed by atoms with Crippen molar-refractivity contribution in [1.82, 2.24) is 5.32 Å². The lowest BCUT2D eigenvalue weighted by atomic mass is 10.1. The van der Waals surface area contributed by atoms with Crippen molar-refractivity contribution < 1.29 is 14.7 Å². The molecule has 19 heavy (non-hydrogen) atoms. The molecule has 2 amide bonds. The normalized spacial score (nSPS) is 11.7. The topological polar surface area (TPSA) is 78.4 Å². The highest BCUT2D eigenvalue weighted by Gasteiger charge is 2.10. The molecule has 0 fully saturated rings. The maximum Gasteiger partial charge on any atom is 0.245 e. The van der Waals surface area contributed by atoms with Crippen LogP contribution in [-0.2, 0) is 16.1 Å². The van der Waals surface area contributed by atoms with Gasteiger partial charge in [-0.2, -0.15) is 0 Å². The Bertz CT molecular complexity index is 446. The largest absolute Gasteiger partial charge is 0.387 e. The number of aliphatic hydroxyl groups is 1. The van der Waals surface area contributed by atoms with Gasteiger partial charge in [-0.15, -0.1) is 0 Å². The summed E-state index contributed by atoms with van der Waals surface area (Å²) >= 11 is 0. The van der Waals surface area contributed by atoms with E-state index in [9.17, 15) is 9.59 Å². The molecule has 0 aliphatic heterocycles. The highest BCUT2D eigenvalue weighted by molar-refractivity contribution is 5.92. The van der Waals surface area contributed by atoms with Crippen LogP contribution in [0.25, 0.3) is 0 Å². The van der Waals surface area contributed by atoms with Crippen molar-refractivity contribution in [2.75, 3.05) is 11.9 Å². The molecule has 0 aliphatic rings. The Labute approximate surface area is 113 Å². The molecule has 104 valence electrons. The molecule has 3 N–H and O–H groups in total. The van der Waals surface area contributed by atoms with Crippen LogP contribution in [0.5, 0.6) is 0 Å². The summed E-state index contributed by atoms with van der Waals surface area (Å²) < 4.78 is 0. The zero-order chi connectivity index (χ0) is 14.3. The Morgan fingerprint density at radius 3 is 2.74 bits per heavy atom. The molecule has 5 nitrogen and oxygen atoms in total. The van der Waals surface area contributed by atoms with Crippen molar-refractivity contribution in [2.45, 2.75) is 26.8 Å². The van der Waals surface area contributed by atoms with Gasteiger partial charge in [-0.3, -0.25) is 9.59 Å². The van der Waals surface area contributed by atoms with Gasteiger partial charge in [0.15, 0.2) is 0 Å². The molecule has 0 radical (unpaired) electrons. The minimum Gasteiger partial charge on any atom is -0.387 e. The number of amides is 2. The van der Waals surface area contributed by atoms with Crippen molar-refractivity contribution in [3.05, 3.63) is 29.8 Å². The van der Waals surface area contributed by atoms with E-state index in [0.29, 0.717) is 12.2 Å². The summed E-state index contributed by atoms with van der Waals surface area (Å²) in [5.41, 5.74) is 1.57. The van der Waals surface area contributed by atoms with Crippen LogP contribution in [0.1, 0.15) is 25.8 Å². The molecule has 0 aliphatic carbocycles. The van der Waals surface area contributed by atoms with E-state index in [0.717, 1.165) is 12.0 Å². The lowest BCUT2D eigenvalue weighted by Crippen LogP contribution is -2.25. The van der Waals surface area contributed by atoms with Crippen molar-refractivity contribution in [1.29, 1.82) is 0 Å². The van der Waals surface area contributed by atoms with Gasteiger partial charge in [-0.05, 0) is 24.1 Å². The molecule has 0 aromatic heterocycles. The summed E-state index contributed by atoms with van der Waals surface area (Å²) in [4.78, 5) is 22.7. The molecule has 0 bridgehead atoms. The summed E-state index contributed by atoms with van der Waals surface area (Å²) in [6.45, 7) is 3.64. The van der Waals surface area contributed by atoms with Crippen LogP contribution in [0.4, 0.5) is 5.69 Å². The van der Waals surface area contributed by atoms with Gasteiger partial charge >= 0.3 is 0 Å². The van der Waals surface area contributed by atoms with E-state index < -0.39 is 12.5 Å². The van der Waals surface area contributed by atoms with Gasteiger partial charge in [0, 0.05) is 18.2 Å². The van der Waals surface area contributed by atoms with Crippen molar-refractivity contribution in [3.63, 3.8) is 0 Å². The van der Waals surface area contributed by atoms with Crippen LogP contribution in [0.3, 0.4) is 0 Å². The van der Waals surface area contributed by atoms with Gasteiger partial charge in [0.05, 0.1) is 0 Å². The Morgan fingerprint density at radius 2 is 2.11 bits per heavy atom. The molecule has 5 heteroatoms. The fourth-order valence-corrected chi connectivity index (χ4v) is 1.47. The quantitative estimate of drug-likeness (QED) is 0.724. The van der Waals surface area contributed by atoms with Crippen LogP contribution in [-0.4, -0.2) is 23.5 Å². The van der Waals surface area contributed by atoms with Crippen LogP contribution < -0.4 is 10.6 Å². The van der Waals surface area contributed by atoms with Crippen molar-refractivity contribution in [3.8, 4) is 0 Å². The van der Waals surface area contributed by atoms with Gasteiger partial charge < -0.3 is 15.7 Å². The third-order valence-electron chi connectivity index (χ3n) is 2.89. The molecule has 1 aromatic rings. The first-order valence-electron chi connectivity index (χ1n) is 6.34. The summed E-state index contributed by atoms with van der Waals surface area (Å²) in [6.07, 6.45) is 0.790. The third-order valence-corrected chi connectivity index (χ3v) is 2.89. The summed E-state index contributed by atoms with van der Waals surface area (Å²) in [6, 6.07) is 7.26. The predicted octanol–water partition coefficient (Wildman–Crippen LogP) is 1.28. The number of hydrogen-bond acceptors (Lipinski definition) is 3. The van der Waals surface area contributed by atoms with Crippen LogP contribution in [0.15, 0.2) is 24.3 Å². The van der Waals surface area contributed by atoms with E-state index in [1.165, 1.54) is 0 Å². The lowest BCUT2D eigenvalue weighted by molar-refractivity contribution is -0.124. The SMILES string of the molecule is CCC(C)C(=O)Nc1cccc(CNC(=O)CO)c1. The number of nitrogens with one attached hydrogen (secondary N) is 2. The molecule has 0 saturated heterocycles. The van der Waals surface area contributed by atoms with Crippen molar-refractivity contribution >= 4 is 17.5 Å². The third kappa shape index (κ3) is 5.09. The second kappa shape index (κ2) is 7.53. The lowest BCUT2D eigenvalue weighted by Gasteiger charge is -2.11. The van der Waals surface area contributed by atoms with E-state index >= 15 is 0 Å². The molecular formula is C14H20N2O3. The Morgan fingerprint density at radius 1 is 1.37 bits per heavy atom. The maximum atomic E-state index is 11.8. The van der Waals surface area contributed by atoms with Gasteiger partial charge in [-0.25, -0.2) is 0 Å². The second-order valence-corrected chi connectivity index (χ2v) is 4.43. The molecule has 0 spiro atoms. The number of anilines is 1. The van der Waals surface area contributed by atoms with Gasteiger partial charge in [-0.1, -0.05) is 26.0 Å². The molecular weight excluding hydrogens is 244 g/mol. The average molecular weight is 264 g/mol. The molecule has 1 unspecified atom stereocenters. The number of aliphatic hydroxyl groups excluding tert-OH is 1. The average Bonchev–Trinajstić information content (AvgIpc) is 2.44. The van der Waals surface area contributed by atoms with Gasteiger partial charge in [0.25, 0.3) is 0 Å². The smallest absolute Gasteiger partial charge is 0.245 e. The van der Waals surface area contributed by atoms with Gasteiger partial charge in [0.2, 0.25) is 11.8 Å². The zero-order valence-corrected chi connectivity index (χ0v) is 11.3. The van der Waals surface area contributed by atoms with E-state index in [1.54, 1.807) is 12.1 Å². The summed E-state index contributed by atoms with van der Waals surface area (Å²) in [5.74, 6) is -0.467. The maximum absolute atomic E-state index is 11.8. The number of benzene rings is 1. The monoisotopic (exact) mass is 264 g/mol. The molecule has 1 aromatic carbocycles. The fraction of sp³-hybridized carbons (Fsp3) is 0.429. The number of carbonyl (C=O) groups is 2. The van der Waals surface area contributed by atoms with Crippen LogP contribution in [0.2, 0.25) is 0 Å². The number of hydrogen-bond donors (Lipinski definition) is 3. The summed E-state index contributed by atoms with van der Waals surface area (Å²) in [7, 11) is 0.